The van der Waals surface area contributed by atoms with Crippen LogP contribution in [0.2, 0.25) is 5.02 Å². The summed E-state index contributed by atoms with van der Waals surface area (Å²) in [6, 6.07) is 15.0. The molecule has 1 saturated carbocycles. The predicted molar refractivity (Wildman–Crippen MR) is 85.1 cm³/mol. The van der Waals surface area contributed by atoms with Gasteiger partial charge < -0.3 is 5.73 Å². The monoisotopic (exact) mass is 303 g/mol. The van der Waals surface area contributed by atoms with Crippen LogP contribution >= 0.6 is 11.6 Å². The highest BCUT2D eigenvalue weighted by Gasteiger charge is 2.43. The van der Waals surface area contributed by atoms with Gasteiger partial charge in [-0.1, -0.05) is 54.4 Å². The number of hydrogen-bond donors (Lipinski definition) is 1. The Morgan fingerprint density at radius 2 is 1.86 bits per heavy atom. The first-order chi connectivity index (χ1) is 10.1. The van der Waals surface area contributed by atoms with Gasteiger partial charge in [0.05, 0.1) is 0 Å². The summed E-state index contributed by atoms with van der Waals surface area (Å²) in [6.45, 7) is 0. The van der Waals surface area contributed by atoms with Crippen molar-refractivity contribution >= 4 is 11.6 Å². The van der Waals surface area contributed by atoms with Gasteiger partial charge in [0.1, 0.15) is 5.82 Å². The molecule has 1 atom stereocenters. The summed E-state index contributed by atoms with van der Waals surface area (Å²) in [5.74, 6) is -0.307. The third-order valence-electron chi connectivity index (χ3n) is 4.76. The molecule has 0 spiro atoms. The summed E-state index contributed by atoms with van der Waals surface area (Å²) >= 11 is 6.14. The molecule has 1 unspecified atom stereocenters. The first kappa shape index (κ1) is 14.6. The number of benzene rings is 2. The molecule has 2 aromatic rings. The van der Waals surface area contributed by atoms with Crippen LogP contribution in [0.15, 0.2) is 48.5 Å². The average molecular weight is 304 g/mol. The van der Waals surface area contributed by atoms with Crippen molar-refractivity contribution in [3.8, 4) is 0 Å². The van der Waals surface area contributed by atoms with Crippen molar-refractivity contribution in [2.75, 3.05) is 0 Å². The summed E-state index contributed by atoms with van der Waals surface area (Å²) in [4.78, 5) is 0. The van der Waals surface area contributed by atoms with Gasteiger partial charge in [0.2, 0.25) is 0 Å². The third kappa shape index (κ3) is 2.70. The fraction of sp³-hybridized carbons (Fsp3) is 0.333. The van der Waals surface area contributed by atoms with Gasteiger partial charge in [-0.05, 0) is 42.5 Å². The van der Waals surface area contributed by atoms with E-state index in [1.807, 2.05) is 6.07 Å². The van der Waals surface area contributed by atoms with E-state index in [1.165, 1.54) is 24.1 Å². The maximum Gasteiger partial charge on any atom is 0.124 e. The van der Waals surface area contributed by atoms with Crippen molar-refractivity contribution in [2.45, 2.75) is 37.1 Å². The van der Waals surface area contributed by atoms with Crippen molar-refractivity contribution in [2.24, 2.45) is 5.73 Å². The van der Waals surface area contributed by atoms with E-state index in [9.17, 15) is 4.39 Å². The van der Waals surface area contributed by atoms with Gasteiger partial charge in [0.25, 0.3) is 0 Å². The molecular weight excluding hydrogens is 285 g/mol. The van der Waals surface area contributed by atoms with Gasteiger partial charge in [-0.2, -0.15) is 0 Å². The molecule has 3 rings (SSSR count). The molecule has 0 saturated heterocycles. The first-order valence-corrected chi connectivity index (χ1v) is 7.75. The van der Waals surface area contributed by atoms with E-state index in [2.05, 4.69) is 24.3 Å². The number of halogens is 2. The van der Waals surface area contributed by atoms with E-state index < -0.39 is 0 Å². The summed E-state index contributed by atoms with van der Waals surface area (Å²) in [5, 5.41) is 0.466. The topological polar surface area (TPSA) is 26.0 Å². The molecule has 1 aliphatic rings. The molecule has 1 fully saturated rings. The molecule has 2 N–H and O–H groups in total. The summed E-state index contributed by atoms with van der Waals surface area (Å²) in [7, 11) is 0. The molecule has 2 aromatic carbocycles. The molecule has 110 valence electrons. The first-order valence-electron chi connectivity index (χ1n) is 7.37. The van der Waals surface area contributed by atoms with Crippen LogP contribution in [0.5, 0.6) is 0 Å². The zero-order chi connectivity index (χ0) is 14.9. The molecule has 0 aliphatic heterocycles. The number of nitrogens with two attached hydrogens (primary N) is 1. The van der Waals surface area contributed by atoms with Crippen LogP contribution in [0.1, 0.15) is 30.4 Å². The van der Waals surface area contributed by atoms with Crippen LogP contribution < -0.4 is 5.73 Å². The zero-order valence-corrected chi connectivity index (χ0v) is 12.6. The minimum atomic E-state index is -0.307. The van der Waals surface area contributed by atoms with Gasteiger partial charge in [-0.3, -0.25) is 0 Å². The fourth-order valence-corrected chi connectivity index (χ4v) is 3.57. The van der Waals surface area contributed by atoms with Crippen LogP contribution in [0.25, 0.3) is 0 Å². The zero-order valence-electron chi connectivity index (χ0n) is 11.9. The van der Waals surface area contributed by atoms with Crippen molar-refractivity contribution in [3.05, 3.63) is 70.5 Å². The molecule has 21 heavy (non-hydrogen) atoms. The Morgan fingerprint density at radius 3 is 2.43 bits per heavy atom. The van der Waals surface area contributed by atoms with E-state index in [0.29, 0.717) is 11.4 Å². The Hall–Kier alpha value is -1.38. The SMILES string of the molecule is NC(Cc1ccc(F)cc1Cl)C1(c2ccccc2)CCC1. The second-order valence-corrected chi connectivity index (χ2v) is 6.33. The van der Waals surface area contributed by atoms with E-state index in [-0.39, 0.29) is 17.3 Å². The lowest BCUT2D eigenvalue weighted by Crippen LogP contribution is -2.51. The molecule has 3 heteroatoms. The molecule has 0 radical (unpaired) electrons. The largest absolute Gasteiger partial charge is 0.327 e. The quantitative estimate of drug-likeness (QED) is 0.886. The fourth-order valence-electron chi connectivity index (χ4n) is 3.32. The van der Waals surface area contributed by atoms with E-state index in [4.69, 9.17) is 17.3 Å². The number of hydrogen-bond acceptors (Lipinski definition) is 1. The van der Waals surface area contributed by atoms with Crippen molar-refractivity contribution < 1.29 is 4.39 Å². The predicted octanol–water partition coefficient (Wildman–Crippen LogP) is 4.47. The van der Waals surface area contributed by atoms with Crippen LogP contribution in [-0.4, -0.2) is 6.04 Å². The Kier molecular flexibility index (Phi) is 4.01. The molecule has 1 aliphatic carbocycles. The summed E-state index contributed by atoms with van der Waals surface area (Å²) < 4.78 is 13.1. The second-order valence-electron chi connectivity index (χ2n) is 5.92. The Bertz CT molecular complexity index is 622. The van der Waals surface area contributed by atoms with Crippen LogP contribution in [0.4, 0.5) is 4.39 Å². The van der Waals surface area contributed by atoms with Gasteiger partial charge in [0, 0.05) is 16.5 Å². The van der Waals surface area contributed by atoms with Crippen LogP contribution in [-0.2, 0) is 11.8 Å². The lowest BCUT2D eigenvalue weighted by molar-refractivity contribution is 0.194. The summed E-state index contributed by atoms with van der Waals surface area (Å²) in [6.07, 6.45) is 4.10. The van der Waals surface area contributed by atoms with Gasteiger partial charge >= 0.3 is 0 Å². The molecule has 0 amide bonds. The Morgan fingerprint density at radius 1 is 1.14 bits per heavy atom. The van der Waals surface area contributed by atoms with Gasteiger partial charge in [-0.15, -0.1) is 0 Å². The van der Waals surface area contributed by atoms with E-state index in [1.54, 1.807) is 6.07 Å². The minimum Gasteiger partial charge on any atom is -0.327 e. The standard InChI is InChI=1S/C18H19ClFN/c19-16-12-15(20)8-7-13(16)11-17(21)18(9-4-10-18)14-5-2-1-3-6-14/h1-3,5-8,12,17H,4,9-11,21H2. The number of rotatable bonds is 4. The Labute approximate surface area is 129 Å². The van der Waals surface area contributed by atoms with Crippen LogP contribution in [0, 0.1) is 5.82 Å². The molecule has 1 nitrogen and oxygen atoms in total. The van der Waals surface area contributed by atoms with Crippen molar-refractivity contribution in [1.29, 1.82) is 0 Å². The Balaban J connectivity index is 1.85. The van der Waals surface area contributed by atoms with E-state index >= 15 is 0 Å². The minimum absolute atomic E-state index is 0.00314. The maximum atomic E-state index is 13.1. The van der Waals surface area contributed by atoms with Crippen LogP contribution in [0.3, 0.4) is 0 Å². The summed E-state index contributed by atoms with van der Waals surface area (Å²) in [5.41, 5.74) is 8.80. The lowest BCUT2D eigenvalue weighted by atomic mass is 9.59. The molecular formula is C18H19ClFN. The van der Waals surface area contributed by atoms with Gasteiger partial charge in [-0.25, -0.2) is 4.39 Å². The van der Waals surface area contributed by atoms with Crippen molar-refractivity contribution in [3.63, 3.8) is 0 Å². The van der Waals surface area contributed by atoms with Crippen molar-refractivity contribution in [1.82, 2.24) is 0 Å². The molecule has 0 heterocycles. The third-order valence-corrected chi connectivity index (χ3v) is 5.11. The van der Waals surface area contributed by atoms with Gasteiger partial charge in [0.15, 0.2) is 0 Å². The van der Waals surface area contributed by atoms with E-state index in [0.717, 1.165) is 18.4 Å². The smallest absolute Gasteiger partial charge is 0.124 e. The lowest BCUT2D eigenvalue weighted by Gasteiger charge is -2.47. The average Bonchev–Trinajstić information content (AvgIpc) is 2.42. The highest BCUT2D eigenvalue weighted by molar-refractivity contribution is 6.31. The molecule has 0 bridgehead atoms. The highest BCUT2D eigenvalue weighted by atomic mass is 35.5. The normalized spacial score (nSPS) is 18.0. The molecule has 0 aromatic heterocycles. The maximum absolute atomic E-state index is 13.1. The highest BCUT2D eigenvalue weighted by Crippen LogP contribution is 2.46. The second kappa shape index (κ2) is 5.78.